The molecule has 3 aromatic rings. The fourth-order valence-corrected chi connectivity index (χ4v) is 3.61. The van der Waals surface area contributed by atoms with E-state index in [1.807, 2.05) is 13.0 Å². The zero-order valence-corrected chi connectivity index (χ0v) is 16.8. The van der Waals surface area contributed by atoms with Crippen LogP contribution >= 0.6 is 0 Å². The van der Waals surface area contributed by atoms with Gasteiger partial charge in [0, 0.05) is 17.5 Å². The predicted molar refractivity (Wildman–Crippen MR) is 106 cm³/mol. The number of ether oxygens (including phenoxy) is 1. The molecule has 0 saturated heterocycles. The summed E-state index contributed by atoms with van der Waals surface area (Å²) in [5.41, 5.74) is 3.65. The quantitative estimate of drug-likeness (QED) is 0.649. The molecule has 1 heterocycles. The molecule has 0 amide bonds. The molecule has 0 unspecified atom stereocenters. The van der Waals surface area contributed by atoms with Crippen molar-refractivity contribution in [3.8, 4) is 11.1 Å². The number of esters is 1. The van der Waals surface area contributed by atoms with Crippen molar-refractivity contribution in [1.82, 2.24) is 5.16 Å². The van der Waals surface area contributed by atoms with Crippen LogP contribution < -0.4 is 5.32 Å². The summed E-state index contributed by atoms with van der Waals surface area (Å²) in [6, 6.07) is 11.6. The van der Waals surface area contributed by atoms with Gasteiger partial charge in [0.25, 0.3) is 0 Å². The van der Waals surface area contributed by atoms with Gasteiger partial charge >= 0.3 is 5.97 Å². The predicted octanol–water partition coefficient (Wildman–Crippen LogP) is 3.89. The summed E-state index contributed by atoms with van der Waals surface area (Å²) in [5, 5.41) is 7.04. The first-order valence-corrected chi connectivity index (χ1v) is 10.3. The molecule has 3 rings (SSSR count). The molecule has 7 nitrogen and oxygen atoms in total. The van der Waals surface area contributed by atoms with Crippen molar-refractivity contribution in [3.05, 3.63) is 59.5 Å². The molecule has 0 bridgehead atoms. The lowest BCUT2D eigenvalue weighted by Crippen LogP contribution is -2.06. The fourth-order valence-electron chi connectivity index (χ4n) is 2.94. The van der Waals surface area contributed by atoms with Gasteiger partial charge in [-0.2, -0.15) is 0 Å². The van der Waals surface area contributed by atoms with Gasteiger partial charge in [0.15, 0.2) is 9.84 Å². The Morgan fingerprint density at radius 3 is 2.50 bits per heavy atom. The van der Waals surface area contributed by atoms with Crippen LogP contribution in [-0.4, -0.2) is 32.9 Å². The van der Waals surface area contributed by atoms with E-state index >= 15 is 0 Å². The van der Waals surface area contributed by atoms with Crippen molar-refractivity contribution in [1.29, 1.82) is 0 Å². The van der Waals surface area contributed by atoms with Crippen LogP contribution in [0.4, 0.5) is 11.4 Å². The van der Waals surface area contributed by atoms with Crippen molar-refractivity contribution < 1.29 is 22.5 Å². The lowest BCUT2D eigenvalue weighted by Gasteiger charge is -2.13. The number of nitrogens with one attached hydrogen (secondary N) is 1. The average Bonchev–Trinajstić information content (AvgIpc) is 2.99. The van der Waals surface area contributed by atoms with Crippen molar-refractivity contribution >= 4 is 27.2 Å². The van der Waals surface area contributed by atoms with E-state index in [9.17, 15) is 13.2 Å². The number of carbonyl (C=O) groups is 1. The van der Waals surface area contributed by atoms with Gasteiger partial charge in [-0.15, -0.1) is 0 Å². The van der Waals surface area contributed by atoms with Crippen LogP contribution in [-0.2, 0) is 14.6 Å². The lowest BCUT2D eigenvalue weighted by atomic mass is 10.0. The fraction of sp³-hybridized carbons (Fsp3) is 0.200. The molecule has 0 aliphatic carbocycles. The molecule has 2 aromatic carbocycles. The Kier molecular flexibility index (Phi) is 5.24. The minimum atomic E-state index is -3.34. The summed E-state index contributed by atoms with van der Waals surface area (Å²) in [5.74, 6) is 0.130. The second-order valence-corrected chi connectivity index (χ2v) is 8.39. The van der Waals surface area contributed by atoms with E-state index < -0.39 is 15.8 Å². The number of aryl methyl sites for hydroxylation is 2. The Labute approximate surface area is 163 Å². The second-order valence-electron chi connectivity index (χ2n) is 6.38. The van der Waals surface area contributed by atoms with Crippen LogP contribution in [0, 0.1) is 13.8 Å². The number of anilines is 2. The van der Waals surface area contributed by atoms with Gasteiger partial charge in [0.1, 0.15) is 5.76 Å². The highest BCUT2D eigenvalue weighted by molar-refractivity contribution is 7.90. The summed E-state index contributed by atoms with van der Waals surface area (Å²) in [7, 11) is -2.04. The Morgan fingerprint density at radius 1 is 1.14 bits per heavy atom. The van der Waals surface area contributed by atoms with Crippen LogP contribution in [0.25, 0.3) is 11.1 Å². The Hall–Kier alpha value is -3.13. The molecule has 0 aliphatic heterocycles. The Balaban J connectivity index is 2.05. The summed E-state index contributed by atoms with van der Waals surface area (Å²) in [6.45, 7) is 3.63. The standard InChI is InChI=1S/C20H20N2O5S/c1-12-19(13(2)27-22-12)14-8-9-18(17(10-14)20(23)26-3)21-15-6-5-7-16(11-15)28(4,24)25/h5-11,21H,1-4H3. The van der Waals surface area contributed by atoms with E-state index in [1.54, 1.807) is 31.2 Å². The molecule has 0 aliphatic rings. The molecule has 1 aromatic heterocycles. The Morgan fingerprint density at radius 2 is 1.89 bits per heavy atom. The zero-order valence-electron chi connectivity index (χ0n) is 15.9. The summed E-state index contributed by atoms with van der Waals surface area (Å²) in [4.78, 5) is 12.5. The topological polar surface area (TPSA) is 98.5 Å². The van der Waals surface area contributed by atoms with E-state index in [-0.39, 0.29) is 4.90 Å². The normalized spacial score (nSPS) is 11.3. The lowest BCUT2D eigenvalue weighted by molar-refractivity contribution is 0.0602. The first kappa shape index (κ1) is 19.6. The number of rotatable bonds is 5. The number of nitrogens with zero attached hydrogens (tertiary/aromatic N) is 1. The van der Waals surface area contributed by atoms with E-state index in [1.165, 1.54) is 19.2 Å². The van der Waals surface area contributed by atoms with Crippen LogP contribution in [0.2, 0.25) is 0 Å². The van der Waals surface area contributed by atoms with Gasteiger partial charge in [-0.25, -0.2) is 13.2 Å². The summed E-state index contributed by atoms with van der Waals surface area (Å²) >= 11 is 0. The maximum absolute atomic E-state index is 12.3. The van der Waals surface area contributed by atoms with Crippen molar-refractivity contribution in [2.45, 2.75) is 18.7 Å². The van der Waals surface area contributed by atoms with E-state index in [0.717, 1.165) is 23.1 Å². The second kappa shape index (κ2) is 7.47. The smallest absolute Gasteiger partial charge is 0.339 e. The molecular formula is C20H20N2O5S. The maximum atomic E-state index is 12.3. The van der Waals surface area contributed by atoms with Gasteiger partial charge in [0.2, 0.25) is 0 Å². The Bertz CT molecular complexity index is 1130. The van der Waals surface area contributed by atoms with Crippen molar-refractivity contribution in [2.75, 3.05) is 18.7 Å². The van der Waals surface area contributed by atoms with Gasteiger partial charge in [-0.3, -0.25) is 0 Å². The van der Waals surface area contributed by atoms with Crippen LogP contribution in [0.1, 0.15) is 21.8 Å². The van der Waals surface area contributed by atoms with Crippen LogP contribution in [0.5, 0.6) is 0 Å². The summed E-state index contributed by atoms with van der Waals surface area (Å²) in [6.07, 6.45) is 1.14. The molecule has 0 fully saturated rings. The third-order valence-corrected chi connectivity index (χ3v) is 5.40. The van der Waals surface area contributed by atoms with Gasteiger partial charge in [-0.1, -0.05) is 17.3 Å². The molecule has 0 saturated carbocycles. The highest BCUT2D eigenvalue weighted by Crippen LogP contribution is 2.32. The first-order valence-electron chi connectivity index (χ1n) is 8.43. The number of methoxy groups -OCH3 is 1. The number of carbonyl (C=O) groups excluding carboxylic acids is 1. The number of benzene rings is 2. The molecule has 146 valence electrons. The van der Waals surface area contributed by atoms with E-state index in [4.69, 9.17) is 9.26 Å². The molecule has 0 spiro atoms. The van der Waals surface area contributed by atoms with E-state index in [0.29, 0.717) is 22.7 Å². The third kappa shape index (κ3) is 3.91. The molecule has 8 heteroatoms. The maximum Gasteiger partial charge on any atom is 0.339 e. The molecule has 0 atom stereocenters. The first-order chi connectivity index (χ1) is 13.2. The monoisotopic (exact) mass is 400 g/mol. The SMILES string of the molecule is COC(=O)c1cc(-c2c(C)noc2C)ccc1Nc1cccc(S(C)(=O)=O)c1. The van der Waals surface area contributed by atoms with Gasteiger partial charge in [0.05, 0.1) is 29.0 Å². The van der Waals surface area contributed by atoms with Gasteiger partial charge < -0.3 is 14.6 Å². The molecule has 28 heavy (non-hydrogen) atoms. The van der Waals surface area contributed by atoms with Crippen LogP contribution in [0.3, 0.4) is 0 Å². The highest BCUT2D eigenvalue weighted by atomic mass is 32.2. The van der Waals surface area contributed by atoms with Crippen molar-refractivity contribution in [2.24, 2.45) is 0 Å². The minimum absolute atomic E-state index is 0.185. The minimum Gasteiger partial charge on any atom is -0.465 e. The molecule has 0 radical (unpaired) electrons. The third-order valence-electron chi connectivity index (χ3n) is 4.29. The summed E-state index contributed by atoms with van der Waals surface area (Å²) < 4.78 is 33.7. The zero-order chi connectivity index (χ0) is 20.5. The van der Waals surface area contributed by atoms with Crippen molar-refractivity contribution in [3.63, 3.8) is 0 Å². The average molecular weight is 400 g/mol. The number of hydrogen-bond acceptors (Lipinski definition) is 7. The van der Waals surface area contributed by atoms with Gasteiger partial charge in [-0.05, 0) is 49.7 Å². The number of sulfone groups is 1. The van der Waals surface area contributed by atoms with Crippen LogP contribution in [0.15, 0.2) is 51.9 Å². The highest BCUT2D eigenvalue weighted by Gasteiger charge is 2.18. The largest absolute Gasteiger partial charge is 0.465 e. The molecular weight excluding hydrogens is 380 g/mol. The number of hydrogen-bond donors (Lipinski definition) is 1. The molecule has 1 N–H and O–H groups in total. The number of aromatic nitrogens is 1. The van der Waals surface area contributed by atoms with E-state index in [2.05, 4.69) is 10.5 Å².